The first-order valence-electron chi connectivity index (χ1n) is 10.0. The molecule has 0 amide bonds. The van der Waals surface area contributed by atoms with Crippen molar-refractivity contribution in [2.45, 2.75) is 39.5 Å². The Hall–Kier alpha value is -3.88. The van der Waals surface area contributed by atoms with Crippen molar-refractivity contribution in [3.05, 3.63) is 80.8 Å². The van der Waals surface area contributed by atoms with Crippen LogP contribution in [0.2, 0.25) is 0 Å². The minimum Gasteiger partial charge on any atom is -0.503 e. The summed E-state index contributed by atoms with van der Waals surface area (Å²) in [7, 11) is 0. The van der Waals surface area contributed by atoms with Gasteiger partial charge in [0.25, 0.3) is 0 Å². The molecule has 0 aliphatic rings. The van der Waals surface area contributed by atoms with Crippen molar-refractivity contribution < 1.29 is 14.3 Å². The molecule has 4 rings (SSSR count). The van der Waals surface area contributed by atoms with E-state index in [9.17, 15) is 14.7 Å². The molecule has 0 aliphatic carbocycles. The molecule has 9 heteroatoms. The van der Waals surface area contributed by atoms with Gasteiger partial charge in [-0.2, -0.15) is 0 Å². The lowest BCUT2D eigenvalue weighted by Gasteiger charge is -2.13. The third kappa shape index (κ3) is 4.50. The highest BCUT2D eigenvalue weighted by molar-refractivity contribution is 5.82. The zero-order valence-electron chi connectivity index (χ0n) is 17.0. The van der Waals surface area contributed by atoms with Crippen molar-refractivity contribution in [2.75, 3.05) is 0 Å². The number of rotatable bonds is 8. The van der Waals surface area contributed by atoms with E-state index in [-0.39, 0.29) is 17.8 Å². The number of hydrogen-bond acceptors (Lipinski definition) is 7. The summed E-state index contributed by atoms with van der Waals surface area (Å²) in [5, 5.41) is 18.9. The second-order valence-corrected chi connectivity index (χ2v) is 7.06. The Bertz CT molecular complexity index is 1320. The van der Waals surface area contributed by atoms with Gasteiger partial charge in [0.2, 0.25) is 5.43 Å². The highest BCUT2D eigenvalue weighted by Gasteiger charge is 2.10. The Morgan fingerprint density at radius 2 is 2.00 bits per heavy atom. The first-order valence-corrected chi connectivity index (χ1v) is 10.0. The predicted molar refractivity (Wildman–Crippen MR) is 113 cm³/mol. The molecule has 0 unspecified atom stereocenters. The van der Waals surface area contributed by atoms with Gasteiger partial charge in [0.1, 0.15) is 23.6 Å². The van der Waals surface area contributed by atoms with Crippen molar-refractivity contribution in [3.8, 4) is 11.5 Å². The van der Waals surface area contributed by atoms with E-state index >= 15 is 0 Å². The molecule has 160 valence electrons. The van der Waals surface area contributed by atoms with E-state index in [1.54, 1.807) is 29.2 Å². The maximum absolute atomic E-state index is 11.7. The van der Waals surface area contributed by atoms with Gasteiger partial charge in [-0.25, -0.2) is 4.79 Å². The highest BCUT2D eigenvalue weighted by atomic mass is 16.5. The number of ether oxygens (including phenoxy) is 1. The quantitative estimate of drug-likeness (QED) is 0.434. The number of nitrogens with zero attached hydrogens (tertiary/aromatic N) is 4. The Kier molecular flexibility index (Phi) is 5.83. The third-order valence-electron chi connectivity index (χ3n) is 4.95. The van der Waals surface area contributed by atoms with Crippen LogP contribution in [0.5, 0.6) is 11.5 Å². The first-order chi connectivity index (χ1) is 15.0. The lowest BCUT2D eigenvalue weighted by molar-refractivity contribution is 0.302. The summed E-state index contributed by atoms with van der Waals surface area (Å²) in [6, 6.07) is 9.86. The van der Waals surface area contributed by atoms with E-state index in [1.165, 1.54) is 12.1 Å². The molecule has 0 bridgehead atoms. The summed E-state index contributed by atoms with van der Waals surface area (Å²) in [4.78, 5) is 23.3. The minimum absolute atomic E-state index is 0.168. The van der Waals surface area contributed by atoms with Crippen LogP contribution < -0.4 is 15.8 Å². The maximum Gasteiger partial charge on any atom is 0.339 e. The lowest BCUT2D eigenvalue weighted by atomic mass is 10.2. The molecule has 0 saturated carbocycles. The third-order valence-corrected chi connectivity index (χ3v) is 4.95. The largest absolute Gasteiger partial charge is 0.503 e. The number of pyridine rings is 1. The van der Waals surface area contributed by atoms with Gasteiger partial charge in [-0.05, 0) is 25.0 Å². The summed E-state index contributed by atoms with van der Waals surface area (Å²) < 4.78 is 14.5. The van der Waals surface area contributed by atoms with E-state index in [4.69, 9.17) is 9.15 Å². The molecule has 3 heterocycles. The van der Waals surface area contributed by atoms with E-state index in [0.717, 1.165) is 6.42 Å². The van der Waals surface area contributed by atoms with Gasteiger partial charge in [-0.1, -0.05) is 24.3 Å². The fourth-order valence-corrected chi connectivity index (χ4v) is 3.45. The number of aromatic nitrogens is 4. The Morgan fingerprint density at radius 3 is 2.84 bits per heavy atom. The maximum atomic E-state index is 11.7. The van der Waals surface area contributed by atoms with Crippen molar-refractivity contribution in [1.29, 1.82) is 0 Å². The van der Waals surface area contributed by atoms with Crippen LogP contribution in [-0.4, -0.2) is 24.7 Å². The monoisotopic (exact) mass is 422 g/mol. The molecule has 1 N–H and O–H groups in total. The number of aromatic hydroxyl groups is 1. The standard InChI is InChI=1S/C22H22N4O5/c1-2-17-22(29)18(27)8-11-25(17)9-5-10-26-13-15(23-24-26)14-30-20-12-21(28)31-19-7-4-3-6-16(19)20/h3-4,6-8,11-13,29H,2,5,9-10,14H2,1H3. The molecule has 3 aromatic heterocycles. The fraction of sp³-hybridized carbons (Fsp3) is 0.273. The normalized spacial score (nSPS) is 11.1. The van der Waals surface area contributed by atoms with Crippen LogP contribution in [0.4, 0.5) is 0 Å². The van der Waals surface area contributed by atoms with Crippen LogP contribution in [-0.2, 0) is 26.1 Å². The van der Waals surface area contributed by atoms with Crippen molar-refractivity contribution in [2.24, 2.45) is 0 Å². The van der Waals surface area contributed by atoms with E-state index in [2.05, 4.69) is 10.3 Å². The molecule has 4 aromatic rings. The van der Waals surface area contributed by atoms with Crippen LogP contribution in [0.15, 0.2) is 62.8 Å². The van der Waals surface area contributed by atoms with Gasteiger partial charge in [0.05, 0.1) is 23.3 Å². The SMILES string of the molecule is CCc1c(O)c(=O)ccn1CCCn1cc(COc2cc(=O)oc3ccccc23)nn1. The molecular weight excluding hydrogens is 400 g/mol. The molecule has 0 aliphatic heterocycles. The lowest BCUT2D eigenvalue weighted by Crippen LogP contribution is -2.13. The van der Waals surface area contributed by atoms with Gasteiger partial charge in [-0.3, -0.25) is 9.48 Å². The van der Waals surface area contributed by atoms with Crippen molar-refractivity contribution in [3.63, 3.8) is 0 Å². The van der Waals surface area contributed by atoms with E-state index < -0.39 is 5.63 Å². The average Bonchev–Trinajstić information content (AvgIpc) is 3.22. The highest BCUT2D eigenvalue weighted by Crippen LogP contribution is 2.23. The van der Waals surface area contributed by atoms with Gasteiger partial charge < -0.3 is 18.8 Å². The molecule has 0 saturated heterocycles. The zero-order valence-corrected chi connectivity index (χ0v) is 17.0. The second-order valence-electron chi connectivity index (χ2n) is 7.06. The summed E-state index contributed by atoms with van der Waals surface area (Å²) in [5.74, 6) is 0.249. The second kappa shape index (κ2) is 8.86. The fourth-order valence-electron chi connectivity index (χ4n) is 3.45. The number of fused-ring (bicyclic) bond motifs is 1. The van der Waals surface area contributed by atoms with Gasteiger partial charge in [-0.15, -0.1) is 5.10 Å². The molecule has 0 spiro atoms. The van der Waals surface area contributed by atoms with E-state index in [1.807, 2.05) is 23.6 Å². The van der Waals surface area contributed by atoms with Gasteiger partial charge >= 0.3 is 5.63 Å². The smallest absolute Gasteiger partial charge is 0.339 e. The molecule has 31 heavy (non-hydrogen) atoms. The molecule has 0 radical (unpaired) electrons. The summed E-state index contributed by atoms with van der Waals surface area (Å²) in [6.07, 6.45) is 4.79. The Morgan fingerprint density at radius 1 is 1.16 bits per heavy atom. The zero-order chi connectivity index (χ0) is 21.8. The molecule has 0 fully saturated rings. The summed E-state index contributed by atoms with van der Waals surface area (Å²) in [6.45, 7) is 3.31. The molecule has 0 atom stereocenters. The number of hydrogen-bond donors (Lipinski definition) is 1. The van der Waals surface area contributed by atoms with Gasteiger partial charge in [0, 0.05) is 25.4 Å². The molecule has 1 aromatic carbocycles. The summed E-state index contributed by atoms with van der Waals surface area (Å²) in [5.41, 5.74) is 0.885. The van der Waals surface area contributed by atoms with Gasteiger partial charge in [0.15, 0.2) is 5.75 Å². The average molecular weight is 422 g/mol. The van der Waals surface area contributed by atoms with Crippen LogP contribution in [0.3, 0.4) is 0 Å². The number of aryl methyl sites for hydroxylation is 2. The van der Waals surface area contributed by atoms with E-state index in [0.29, 0.717) is 47.6 Å². The minimum atomic E-state index is -0.475. The van der Waals surface area contributed by atoms with Crippen molar-refractivity contribution >= 4 is 11.0 Å². The topological polar surface area (TPSA) is 112 Å². The van der Waals surface area contributed by atoms with Crippen LogP contribution in [0.25, 0.3) is 11.0 Å². The summed E-state index contributed by atoms with van der Waals surface area (Å²) >= 11 is 0. The number of benzene rings is 1. The predicted octanol–water partition coefficient (Wildman–Crippen LogP) is 2.48. The van der Waals surface area contributed by atoms with Crippen LogP contribution in [0.1, 0.15) is 24.7 Å². The number of para-hydroxylation sites is 1. The Labute approximate surface area is 177 Å². The molecular formula is C22H22N4O5. The Balaban J connectivity index is 1.37. The van der Waals surface area contributed by atoms with Crippen molar-refractivity contribution in [1.82, 2.24) is 19.6 Å². The molecule has 9 nitrogen and oxygen atoms in total. The van der Waals surface area contributed by atoms with Crippen LogP contribution in [0, 0.1) is 0 Å². The van der Waals surface area contributed by atoms with Crippen LogP contribution >= 0.6 is 0 Å². The first kappa shape index (κ1) is 20.4.